The predicted octanol–water partition coefficient (Wildman–Crippen LogP) is 4.07. The fourth-order valence-corrected chi connectivity index (χ4v) is 1.36. The third kappa shape index (κ3) is 2.03. The molecule has 2 aromatic rings. The molecule has 0 bridgehead atoms. The Bertz CT molecular complexity index is 495. The van der Waals surface area contributed by atoms with E-state index < -0.39 is 11.6 Å². The minimum Gasteiger partial charge on any atom is -0.454 e. The summed E-state index contributed by atoms with van der Waals surface area (Å²) in [7, 11) is 0. The van der Waals surface area contributed by atoms with Gasteiger partial charge in [-0.25, -0.2) is 4.39 Å². The van der Waals surface area contributed by atoms with Crippen molar-refractivity contribution < 1.29 is 13.5 Å². The van der Waals surface area contributed by atoms with Crippen LogP contribution in [0.25, 0.3) is 0 Å². The molecule has 0 spiro atoms. The molecular weight excluding hydrogens is 210 g/mol. The molecule has 16 heavy (non-hydrogen) atoms. The first kappa shape index (κ1) is 10.6. The maximum atomic E-state index is 13.4. The lowest BCUT2D eigenvalue weighted by atomic mass is 10.2. The number of rotatable bonds is 2. The van der Waals surface area contributed by atoms with Gasteiger partial charge in [-0.1, -0.05) is 24.3 Å². The zero-order valence-electron chi connectivity index (χ0n) is 8.71. The molecule has 0 aliphatic rings. The summed E-state index contributed by atoms with van der Waals surface area (Å²) in [5, 5.41) is 0. The van der Waals surface area contributed by atoms with Crippen molar-refractivity contribution >= 4 is 0 Å². The highest BCUT2D eigenvalue weighted by Gasteiger charge is 2.13. The van der Waals surface area contributed by atoms with Crippen LogP contribution in [-0.4, -0.2) is 0 Å². The van der Waals surface area contributed by atoms with Gasteiger partial charge in [0.05, 0.1) is 0 Å². The van der Waals surface area contributed by atoms with Gasteiger partial charge in [-0.2, -0.15) is 4.39 Å². The Morgan fingerprint density at radius 1 is 0.938 bits per heavy atom. The lowest BCUT2D eigenvalue weighted by Gasteiger charge is -2.09. The minimum atomic E-state index is -0.955. The van der Waals surface area contributed by atoms with Crippen LogP contribution in [0.4, 0.5) is 8.78 Å². The van der Waals surface area contributed by atoms with Crippen LogP contribution in [0.15, 0.2) is 42.5 Å². The van der Waals surface area contributed by atoms with E-state index in [0.29, 0.717) is 11.3 Å². The lowest BCUT2D eigenvalue weighted by molar-refractivity contribution is 0.413. The second-order valence-electron chi connectivity index (χ2n) is 3.42. The Labute approximate surface area is 92.3 Å². The summed E-state index contributed by atoms with van der Waals surface area (Å²) in [5.41, 5.74) is 0.558. The van der Waals surface area contributed by atoms with E-state index in [1.54, 1.807) is 31.2 Å². The van der Waals surface area contributed by atoms with Crippen molar-refractivity contribution in [3.63, 3.8) is 0 Å². The molecule has 0 heterocycles. The maximum Gasteiger partial charge on any atom is 0.201 e. The molecule has 0 aliphatic carbocycles. The van der Waals surface area contributed by atoms with Crippen LogP contribution in [0.2, 0.25) is 0 Å². The SMILES string of the molecule is Cc1ccc(F)c(F)c1Oc1ccccc1. The monoisotopic (exact) mass is 220 g/mol. The molecule has 82 valence electrons. The van der Waals surface area contributed by atoms with Crippen molar-refractivity contribution in [2.45, 2.75) is 6.92 Å². The van der Waals surface area contributed by atoms with Gasteiger partial charge in [0, 0.05) is 0 Å². The highest BCUT2D eigenvalue weighted by molar-refractivity contribution is 5.38. The number of hydrogen-bond acceptors (Lipinski definition) is 1. The molecule has 2 aromatic carbocycles. The van der Waals surface area contributed by atoms with Gasteiger partial charge in [0.1, 0.15) is 5.75 Å². The second-order valence-corrected chi connectivity index (χ2v) is 3.42. The Kier molecular flexibility index (Phi) is 2.86. The molecule has 0 fully saturated rings. The summed E-state index contributed by atoms with van der Waals surface area (Å²) in [6.45, 7) is 1.67. The first-order chi connectivity index (χ1) is 7.68. The first-order valence-electron chi connectivity index (χ1n) is 4.86. The van der Waals surface area contributed by atoms with Gasteiger partial charge in [0.25, 0.3) is 0 Å². The van der Waals surface area contributed by atoms with Crippen molar-refractivity contribution in [1.82, 2.24) is 0 Å². The fourth-order valence-electron chi connectivity index (χ4n) is 1.36. The van der Waals surface area contributed by atoms with Gasteiger partial charge in [0.2, 0.25) is 5.82 Å². The van der Waals surface area contributed by atoms with Crippen molar-refractivity contribution in [2.24, 2.45) is 0 Å². The van der Waals surface area contributed by atoms with Crippen LogP contribution in [0.5, 0.6) is 11.5 Å². The summed E-state index contributed by atoms with van der Waals surface area (Å²) in [4.78, 5) is 0. The number of hydrogen-bond donors (Lipinski definition) is 0. The Morgan fingerprint density at radius 3 is 2.31 bits per heavy atom. The van der Waals surface area contributed by atoms with E-state index in [1.165, 1.54) is 6.07 Å². The number of ether oxygens (including phenoxy) is 1. The van der Waals surface area contributed by atoms with E-state index in [-0.39, 0.29) is 5.75 Å². The van der Waals surface area contributed by atoms with E-state index >= 15 is 0 Å². The summed E-state index contributed by atoms with van der Waals surface area (Å²) in [6.07, 6.45) is 0. The summed E-state index contributed by atoms with van der Waals surface area (Å²) in [6, 6.07) is 11.3. The fraction of sp³-hybridized carbons (Fsp3) is 0.0769. The van der Waals surface area contributed by atoms with Crippen LogP contribution < -0.4 is 4.74 Å². The van der Waals surface area contributed by atoms with E-state index in [2.05, 4.69) is 0 Å². The van der Waals surface area contributed by atoms with Crippen LogP contribution >= 0.6 is 0 Å². The lowest BCUT2D eigenvalue weighted by Crippen LogP contribution is -1.94. The Hall–Kier alpha value is -1.90. The van der Waals surface area contributed by atoms with Gasteiger partial charge in [0.15, 0.2) is 11.6 Å². The largest absolute Gasteiger partial charge is 0.454 e. The topological polar surface area (TPSA) is 9.23 Å². The van der Waals surface area contributed by atoms with Crippen molar-refractivity contribution in [3.8, 4) is 11.5 Å². The van der Waals surface area contributed by atoms with Gasteiger partial charge < -0.3 is 4.74 Å². The number of aryl methyl sites for hydroxylation is 1. The zero-order valence-corrected chi connectivity index (χ0v) is 8.71. The standard InChI is InChI=1S/C13H10F2O/c1-9-7-8-11(14)12(15)13(9)16-10-5-3-2-4-6-10/h2-8H,1H3. The molecule has 0 aromatic heterocycles. The molecule has 0 atom stereocenters. The van der Waals surface area contributed by atoms with E-state index in [0.717, 1.165) is 6.07 Å². The summed E-state index contributed by atoms with van der Waals surface area (Å²) < 4.78 is 31.8. The second kappa shape index (κ2) is 4.31. The molecule has 0 saturated carbocycles. The summed E-state index contributed by atoms with van der Waals surface area (Å²) in [5.74, 6) is -1.44. The highest BCUT2D eigenvalue weighted by atomic mass is 19.2. The quantitative estimate of drug-likeness (QED) is 0.741. The number of halogens is 2. The first-order valence-corrected chi connectivity index (χ1v) is 4.86. The molecule has 1 nitrogen and oxygen atoms in total. The van der Waals surface area contributed by atoms with Crippen LogP contribution in [0.1, 0.15) is 5.56 Å². The molecule has 0 aliphatic heterocycles. The molecule has 3 heteroatoms. The molecule has 0 saturated heterocycles. The predicted molar refractivity (Wildman–Crippen MR) is 57.6 cm³/mol. The van der Waals surface area contributed by atoms with Gasteiger partial charge in [-0.3, -0.25) is 0 Å². The molecule has 0 N–H and O–H groups in total. The molecule has 0 amide bonds. The van der Waals surface area contributed by atoms with Crippen LogP contribution in [0.3, 0.4) is 0 Å². The van der Waals surface area contributed by atoms with E-state index in [9.17, 15) is 8.78 Å². The molecule has 2 rings (SSSR count). The Balaban J connectivity index is 2.38. The third-order valence-corrected chi connectivity index (χ3v) is 2.21. The van der Waals surface area contributed by atoms with Crippen molar-refractivity contribution in [3.05, 3.63) is 59.7 Å². The highest BCUT2D eigenvalue weighted by Crippen LogP contribution is 2.29. The molecule has 0 unspecified atom stereocenters. The average molecular weight is 220 g/mol. The van der Waals surface area contributed by atoms with Gasteiger partial charge in [-0.05, 0) is 30.7 Å². The normalized spacial score (nSPS) is 10.2. The third-order valence-electron chi connectivity index (χ3n) is 2.21. The minimum absolute atomic E-state index is 0.0637. The number of para-hydroxylation sites is 1. The van der Waals surface area contributed by atoms with E-state index in [1.807, 2.05) is 6.07 Å². The van der Waals surface area contributed by atoms with E-state index in [4.69, 9.17) is 4.74 Å². The maximum absolute atomic E-state index is 13.4. The van der Waals surface area contributed by atoms with Gasteiger partial charge in [-0.15, -0.1) is 0 Å². The van der Waals surface area contributed by atoms with Crippen LogP contribution in [0, 0.1) is 18.6 Å². The summed E-state index contributed by atoms with van der Waals surface area (Å²) >= 11 is 0. The smallest absolute Gasteiger partial charge is 0.201 e. The number of benzene rings is 2. The van der Waals surface area contributed by atoms with Crippen LogP contribution in [-0.2, 0) is 0 Å². The molecule has 0 radical (unpaired) electrons. The molecular formula is C13H10F2O. The zero-order chi connectivity index (χ0) is 11.5. The van der Waals surface area contributed by atoms with Gasteiger partial charge >= 0.3 is 0 Å². The Morgan fingerprint density at radius 2 is 1.62 bits per heavy atom. The van der Waals surface area contributed by atoms with Crippen molar-refractivity contribution in [2.75, 3.05) is 0 Å². The van der Waals surface area contributed by atoms with Crippen molar-refractivity contribution in [1.29, 1.82) is 0 Å². The average Bonchev–Trinajstić information content (AvgIpc) is 2.31.